The third-order valence-electron chi connectivity index (χ3n) is 17.8. The van der Waals surface area contributed by atoms with E-state index in [9.17, 15) is 0 Å². The number of anilines is 2. The third-order valence-corrected chi connectivity index (χ3v) is 24.7. The van der Waals surface area contributed by atoms with Gasteiger partial charge in [-0.3, -0.25) is 9.97 Å². The van der Waals surface area contributed by atoms with Gasteiger partial charge >= 0.3 is 0 Å². The number of fused-ring (bicyclic) bond motifs is 2. The number of aromatic nitrogens is 8. The lowest BCUT2D eigenvalue weighted by molar-refractivity contribution is 0.0940. The SMILES string of the molecule is C=C1CCC(c2cc(N(COCC[Si](C)(C)C)COCC[Si](C)(C)C)n3ncc(-c4ccc(-c5ccccc5)nc4)c3n2)CC1.C[Si](C)(C)CCOCN(COCC[Si](C)(C)C)c1cc(C2CCC3(CC2)CO3)nc2c(-c3ccc(-c4ccccc4)nc3)cnn12. The molecule has 11 rings (SSSR count). The van der Waals surface area contributed by atoms with Crippen molar-refractivity contribution in [3.05, 3.63) is 145 Å². The molecule has 0 bridgehead atoms. The van der Waals surface area contributed by atoms with Gasteiger partial charge in [0.1, 0.15) is 38.6 Å². The van der Waals surface area contributed by atoms with Crippen molar-refractivity contribution in [3.8, 4) is 44.8 Å². The van der Waals surface area contributed by atoms with Gasteiger partial charge in [-0.2, -0.15) is 19.2 Å². The van der Waals surface area contributed by atoms with Crippen molar-refractivity contribution in [2.75, 3.05) is 69.8 Å². The number of pyridine rings is 2. The van der Waals surface area contributed by atoms with Crippen LogP contribution in [0.15, 0.2) is 134 Å². The molecule has 1 spiro atoms. The normalized spacial score (nSPS) is 17.4. The first-order chi connectivity index (χ1) is 43.5. The Kier molecular flexibility index (Phi) is 22.3. The molecule has 2 aromatic carbocycles. The van der Waals surface area contributed by atoms with Gasteiger partial charge in [0.25, 0.3) is 0 Å². The van der Waals surface area contributed by atoms with Crippen LogP contribution in [-0.4, -0.2) is 137 Å². The Morgan fingerprint density at radius 1 is 0.484 bits per heavy atom. The molecule has 3 fully saturated rings. The van der Waals surface area contributed by atoms with Crippen LogP contribution in [0.25, 0.3) is 56.1 Å². The van der Waals surface area contributed by atoms with Gasteiger partial charge in [-0.15, -0.1) is 0 Å². The van der Waals surface area contributed by atoms with E-state index in [0.29, 0.717) is 38.8 Å². The molecular formula is C72H102N10O5Si4. The van der Waals surface area contributed by atoms with Crippen LogP contribution in [0.3, 0.4) is 0 Å². The highest BCUT2D eigenvalue weighted by Gasteiger charge is 2.47. The van der Waals surface area contributed by atoms with Crippen molar-refractivity contribution in [1.82, 2.24) is 39.2 Å². The van der Waals surface area contributed by atoms with E-state index in [2.05, 4.69) is 156 Å². The van der Waals surface area contributed by atoms with Crippen LogP contribution >= 0.6 is 0 Å². The average molecular weight is 1300 g/mol. The Balaban J connectivity index is 0.000000200. The van der Waals surface area contributed by atoms with Gasteiger partial charge in [0.05, 0.1) is 36.0 Å². The van der Waals surface area contributed by atoms with Gasteiger partial charge in [0, 0.05) is 140 Å². The summed E-state index contributed by atoms with van der Waals surface area (Å²) in [6.07, 6.45) is 16.3. The highest BCUT2D eigenvalue weighted by molar-refractivity contribution is 6.77. The van der Waals surface area contributed by atoms with E-state index in [1.54, 1.807) is 0 Å². The van der Waals surface area contributed by atoms with Crippen molar-refractivity contribution in [2.24, 2.45) is 0 Å². The number of allylic oxidation sites excluding steroid dienone is 1. The van der Waals surface area contributed by atoms with E-state index < -0.39 is 32.3 Å². The highest BCUT2D eigenvalue weighted by Crippen LogP contribution is 2.47. The molecule has 19 heteroatoms. The van der Waals surface area contributed by atoms with Crippen LogP contribution in [0.5, 0.6) is 0 Å². The summed E-state index contributed by atoms with van der Waals surface area (Å²) in [7, 11) is -4.86. The van der Waals surface area contributed by atoms with E-state index in [1.165, 1.54) is 5.57 Å². The number of epoxide rings is 1. The first-order valence-corrected chi connectivity index (χ1v) is 48.2. The van der Waals surface area contributed by atoms with Gasteiger partial charge in [-0.25, -0.2) is 9.97 Å². The largest absolute Gasteiger partial charge is 0.370 e. The summed E-state index contributed by atoms with van der Waals surface area (Å²) < 4.78 is 35.1. The highest BCUT2D eigenvalue weighted by atomic mass is 28.3. The maximum absolute atomic E-state index is 6.34. The summed E-state index contributed by atoms with van der Waals surface area (Å²) in [5.41, 5.74) is 13.5. The summed E-state index contributed by atoms with van der Waals surface area (Å²) >= 11 is 0. The van der Waals surface area contributed by atoms with Crippen molar-refractivity contribution in [1.29, 1.82) is 0 Å². The first kappa shape index (κ1) is 67.9. The lowest BCUT2D eigenvalue weighted by atomic mass is 9.80. The molecule has 2 saturated carbocycles. The van der Waals surface area contributed by atoms with Crippen LogP contribution in [0, 0.1) is 0 Å². The molecule has 1 saturated heterocycles. The second-order valence-electron chi connectivity index (χ2n) is 30.5. The van der Waals surface area contributed by atoms with Crippen molar-refractivity contribution < 1.29 is 23.7 Å². The first-order valence-electron chi connectivity index (χ1n) is 33.4. The number of hydrogen-bond donors (Lipinski definition) is 0. The van der Waals surface area contributed by atoms with Crippen LogP contribution < -0.4 is 9.80 Å². The zero-order chi connectivity index (χ0) is 64.4. The molecule has 0 atom stereocenters. The number of rotatable bonds is 28. The number of ether oxygens (including phenoxy) is 5. The predicted molar refractivity (Wildman–Crippen MR) is 384 cm³/mol. The molecule has 0 N–H and O–H groups in total. The summed E-state index contributed by atoms with van der Waals surface area (Å²) in [6, 6.07) is 37.9. The molecule has 91 heavy (non-hydrogen) atoms. The van der Waals surface area contributed by atoms with Gasteiger partial charge < -0.3 is 33.5 Å². The lowest BCUT2D eigenvalue weighted by Gasteiger charge is -2.29. The summed E-state index contributed by atoms with van der Waals surface area (Å²) in [4.78, 5) is 24.6. The molecule has 8 aromatic rings. The minimum Gasteiger partial charge on any atom is -0.370 e. The molecule has 486 valence electrons. The maximum atomic E-state index is 6.34. The molecule has 15 nitrogen and oxygen atoms in total. The molecule has 1 aliphatic heterocycles. The summed E-state index contributed by atoms with van der Waals surface area (Å²) in [5.74, 6) is 2.68. The van der Waals surface area contributed by atoms with E-state index in [0.717, 1.165) is 188 Å². The molecule has 0 unspecified atom stereocenters. The number of benzene rings is 2. The number of hydrogen-bond acceptors (Lipinski definition) is 13. The average Bonchev–Trinajstić information content (AvgIpc) is 1.71. The Hall–Kier alpha value is -6.01. The molecule has 0 amide bonds. The molecule has 3 aliphatic rings. The smallest absolute Gasteiger partial charge is 0.165 e. The van der Waals surface area contributed by atoms with Crippen molar-refractivity contribution >= 4 is 55.2 Å². The fourth-order valence-corrected chi connectivity index (χ4v) is 14.6. The van der Waals surface area contributed by atoms with E-state index in [-0.39, 0.29) is 5.60 Å². The molecule has 7 heterocycles. The third kappa shape index (κ3) is 19.3. The van der Waals surface area contributed by atoms with Crippen molar-refractivity contribution in [2.45, 2.75) is 172 Å². The van der Waals surface area contributed by atoms with Crippen LogP contribution in [-0.2, 0) is 23.7 Å². The Morgan fingerprint density at radius 3 is 1.18 bits per heavy atom. The van der Waals surface area contributed by atoms with Crippen LogP contribution in [0.4, 0.5) is 11.6 Å². The lowest BCUT2D eigenvalue weighted by Crippen LogP contribution is -2.33. The fourth-order valence-electron chi connectivity index (χ4n) is 11.6. The van der Waals surface area contributed by atoms with Gasteiger partial charge in [-0.1, -0.05) is 164 Å². The summed E-state index contributed by atoms with van der Waals surface area (Å²) in [6.45, 7) is 38.6. The van der Waals surface area contributed by atoms with E-state index in [1.807, 2.05) is 70.2 Å². The van der Waals surface area contributed by atoms with E-state index >= 15 is 0 Å². The maximum Gasteiger partial charge on any atom is 0.165 e. The standard InChI is InChI=1S/C36H51N5O3Si2.C36H51N5O2Si2/c1-45(2,3)20-18-42-26-40(27-43-19-21-46(4,5)6)34-22-33(29-14-16-36(17-15-29)25-44-36)39-35-31(24-38-41(34)35)30-12-13-32(37-23-30)28-10-8-7-9-11-28;1-28-13-15-30(16-14-28)34-23-35(40(26-42-19-21-44(2,3)4)27-43-20-22-45(5,6)7)41-36(39-34)32(25-38-41)31-17-18-33(37-24-31)29-11-9-8-10-12-29/h7-13,22-24,29H,14-21,25-27H2,1-6H3;8-12,17-18,23-25,30H,1,13-16,19-22,26-27H2,2-7H3. The summed E-state index contributed by atoms with van der Waals surface area (Å²) in [5, 5.41) is 9.82. The van der Waals surface area contributed by atoms with Gasteiger partial charge in [-0.05, 0) is 87.7 Å². The van der Waals surface area contributed by atoms with Crippen molar-refractivity contribution in [3.63, 3.8) is 0 Å². The van der Waals surface area contributed by atoms with Crippen LogP contribution in [0.1, 0.15) is 74.6 Å². The number of nitrogens with zero attached hydrogens (tertiary/aromatic N) is 10. The second-order valence-corrected chi connectivity index (χ2v) is 53.0. The minimum absolute atomic E-state index is 0.137. The zero-order valence-corrected chi connectivity index (χ0v) is 60.8. The van der Waals surface area contributed by atoms with E-state index in [4.69, 9.17) is 53.8 Å². The predicted octanol–water partition coefficient (Wildman–Crippen LogP) is 17.4. The molecule has 6 aromatic heterocycles. The van der Waals surface area contributed by atoms with Crippen LogP contribution in [0.2, 0.25) is 103 Å². The Labute approximate surface area is 546 Å². The zero-order valence-electron chi connectivity index (χ0n) is 56.8. The van der Waals surface area contributed by atoms with Gasteiger partial charge in [0.2, 0.25) is 0 Å². The minimum atomic E-state index is -1.22. The fraction of sp³-hybridized carbons (Fsp3) is 0.500. The Morgan fingerprint density at radius 2 is 0.846 bits per heavy atom. The second kappa shape index (κ2) is 29.9. The molecule has 2 aliphatic carbocycles. The molecule has 0 radical (unpaired) electrons. The van der Waals surface area contributed by atoms with Gasteiger partial charge in [0.15, 0.2) is 11.3 Å². The Bertz CT molecular complexity index is 3570. The quantitative estimate of drug-likeness (QED) is 0.0151. The topological polar surface area (TPSA) is 142 Å². The molecular weight excluding hydrogens is 1200 g/mol. The monoisotopic (exact) mass is 1300 g/mol.